The summed E-state index contributed by atoms with van der Waals surface area (Å²) in [4.78, 5) is 4.30. The zero-order valence-electron chi connectivity index (χ0n) is 7.12. The smallest absolute Gasteiger partial charge is 0.107 e. The van der Waals surface area contributed by atoms with Crippen LogP contribution in [-0.2, 0) is 0 Å². The molecule has 2 rings (SSSR count). The number of fused-ring (bicyclic) bond motifs is 1. The lowest BCUT2D eigenvalue weighted by molar-refractivity contribution is 0.855. The van der Waals surface area contributed by atoms with Crippen LogP contribution in [0.4, 0.5) is 5.69 Å². The monoisotopic (exact) mass is 160 g/mol. The molecule has 0 aliphatic carbocycles. The summed E-state index contributed by atoms with van der Waals surface area (Å²) in [6.07, 6.45) is 1.03. The molecule has 0 fully saturated rings. The van der Waals surface area contributed by atoms with Gasteiger partial charge in [-0.25, -0.2) is 4.99 Å². The van der Waals surface area contributed by atoms with Crippen molar-refractivity contribution in [3.8, 4) is 0 Å². The van der Waals surface area contributed by atoms with E-state index in [-0.39, 0.29) is 0 Å². The van der Waals surface area contributed by atoms with Crippen LogP contribution in [0.2, 0.25) is 0 Å². The Morgan fingerprint density at radius 2 is 2.17 bits per heavy atom. The van der Waals surface area contributed by atoms with Crippen molar-refractivity contribution < 1.29 is 0 Å². The van der Waals surface area contributed by atoms with Crippen molar-refractivity contribution in [1.82, 2.24) is 0 Å². The van der Waals surface area contributed by atoms with E-state index >= 15 is 0 Å². The van der Waals surface area contributed by atoms with Crippen LogP contribution in [0, 0.1) is 0 Å². The Morgan fingerprint density at radius 1 is 1.42 bits per heavy atom. The zero-order chi connectivity index (χ0) is 8.55. The predicted octanol–water partition coefficient (Wildman–Crippen LogP) is 2.18. The average molecular weight is 160 g/mol. The third-order valence-electron chi connectivity index (χ3n) is 2.33. The van der Waals surface area contributed by atoms with Gasteiger partial charge in [0, 0.05) is 5.92 Å². The van der Waals surface area contributed by atoms with Crippen molar-refractivity contribution in [2.75, 3.05) is 0 Å². The molecule has 1 aliphatic rings. The third kappa shape index (κ3) is 0.916. The van der Waals surface area contributed by atoms with E-state index in [4.69, 9.17) is 5.73 Å². The maximum Gasteiger partial charge on any atom is 0.107 e. The van der Waals surface area contributed by atoms with Gasteiger partial charge in [-0.2, -0.15) is 0 Å². The lowest BCUT2D eigenvalue weighted by Crippen LogP contribution is -2.17. The molecule has 0 amide bonds. The highest BCUT2D eigenvalue weighted by atomic mass is 14.9. The van der Waals surface area contributed by atoms with E-state index in [1.807, 2.05) is 18.2 Å². The van der Waals surface area contributed by atoms with E-state index in [2.05, 4.69) is 18.0 Å². The molecule has 1 aromatic rings. The minimum atomic E-state index is 0.348. The summed E-state index contributed by atoms with van der Waals surface area (Å²) in [5, 5.41) is 0. The van der Waals surface area contributed by atoms with Gasteiger partial charge in [-0.1, -0.05) is 25.1 Å². The van der Waals surface area contributed by atoms with Crippen LogP contribution in [0.25, 0.3) is 0 Å². The van der Waals surface area contributed by atoms with Crippen molar-refractivity contribution in [3.05, 3.63) is 29.8 Å². The zero-order valence-corrected chi connectivity index (χ0v) is 7.12. The minimum Gasteiger partial charge on any atom is -0.387 e. The van der Waals surface area contributed by atoms with Gasteiger partial charge < -0.3 is 5.73 Å². The van der Waals surface area contributed by atoms with E-state index in [0.29, 0.717) is 5.92 Å². The van der Waals surface area contributed by atoms with Crippen molar-refractivity contribution in [2.45, 2.75) is 19.3 Å². The second kappa shape index (κ2) is 2.63. The van der Waals surface area contributed by atoms with Crippen molar-refractivity contribution in [1.29, 1.82) is 0 Å². The van der Waals surface area contributed by atoms with Crippen LogP contribution in [0.1, 0.15) is 24.8 Å². The second-order valence-corrected chi connectivity index (χ2v) is 3.06. The highest BCUT2D eigenvalue weighted by Crippen LogP contribution is 2.35. The van der Waals surface area contributed by atoms with Crippen LogP contribution in [0.5, 0.6) is 0 Å². The topological polar surface area (TPSA) is 38.4 Å². The molecule has 1 aromatic carbocycles. The number of amidine groups is 1. The number of rotatable bonds is 1. The number of hydrogen-bond donors (Lipinski definition) is 1. The first-order valence-electron chi connectivity index (χ1n) is 4.26. The number of nitrogens with zero attached hydrogens (tertiary/aromatic N) is 1. The summed E-state index contributed by atoms with van der Waals surface area (Å²) < 4.78 is 0. The first-order chi connectivity index (χ1) is 5.83. The van der Waals surface area contributed by atoms with Gasteiger partial charge in [-0.15, -0.1) is 0 Å². The molecule has 0 saturated carbocycles. The molecule has 0 bridgehead atoms. The van der Waals surface area contributed by atoms with Crippen LogP contribution >= 0.6 is 0 Å². The molecule has 1 aliphatic heterocycles. The van der Waals surface area contributed by atoms with E-state index in [0.717, 1.165) is 17.9 Å². The molecule has 2 nitrogen and oxygen atoms in total. The normalized spacial score (nSPS) is 20.4. The summed E-state index contributed by atoms with van der Waals surface area (Å²) in [7, 11) is 0. The number of para-hydroxylation sites is 1. The second-order valence-electron chi connectivity index (χ2n) is 3.06. The molecule has 2 N–H and O–H groups in total. The summed E-state index contributed by atoms with van der Waals surface area (Å²) in [6.45, 7) is 2.13. The molecule has 62 valence electrons. The van der Waals surface area contributed by atoms with E-state index < -0.39 is 0 Å². The maximum absolute atomic E-state index is 5.79. The molecular weight excluding hydrogens is 148 g/mol. The highest BCUT2D eigenvalue weighted by molar-refractivity contribution is 5.95. The molecule has 12 heavy (non-hydrogen) atoms. The standard InChI is InChI=1S/C10H12N2/c1-2-7-8-5-3-4-6-9(8)12-10(7)11/h3-7H,2H2,1H3,(H2,11,12). The molecular formula is C10H12N2. The Bertz CT molecular complexity index is 328. The molecule has 0 aromatic heterocycles. The Balaban J connectivity index is 2.50. The van der Waals surface area contributed by atoms with Gasteiger partial charge in [0.05, 0.1) is 5.69 Å². The first kappa shape index (κ1) is 7.35. The molecule has 0 spiro atoms. The first-order valence-corrected chi connectivity index (χ1v) is 4.26. The molecule has 1 unspecified atom stereocenters. The SMILES string of the molecule is CCC1C(N)=Nc2ccccc21. The predicted molar refractivity (Wildman–Crippen MR) is 50.8 cm³/mol. The van der Waals surface area contributed by atoms with Crippen LogP contribution in [0.15, 0.2) is 29.3 Å². The van der Waals surface area contributed by atoms with Crippen LogP contribution < -0.4 is 5.73 Å². The minimum absolute atomic E-state index is 0.348. The lowest BCUT2D eigenvalue weighted by atomic mass is 9.97. The Labute approximate surface area is 72.1 Å². The van der Waals surface area contributed by atoms with Gasteiger partial charge in [0.25, 0.3) is 0 Å². The number of nitrogens with two attached hydrogens (primary N) is 1. The van der Waals surface area contributed by atoms with E-state index in [1.54, 1.807) is 0 Å². The number of benzene rings is 1. The van der Waals surface area contributed by atoms with Crippen LogP contribution in [0.3, 0.4) is 0 Å². The largest absolute Gasteiger partial charge is 0.387 e. The fraction of sp³-hybridized carbons (Fsp3) is 0.300. The third-order valence-corrected chi connectivity index (χ3v) is 2.33. The summed E-state index contributed by atoms with van der Waals surface area (Å²) in [6, 6.07) is 8.15. The summed E-state index contributed by atoms with van der Waals surface area (Å²) >= 11 is 0. The van der Waals surface area contributed by atoms with Gasteiger partial charge >= 0.3 is 0 Å². The summed E-state index contributed by atoms with van der Waals surface area (Å²) in [5.74, 6) is 1.11. The lowest BCUT2D eigenvalue weighted by Gasteiger charge is -2.07. The summed E-state index contributed by atoms with van der Waals surface area (Å²) in [5.41, 5.74) is 8.11. The fourth-order valence-corrected chi connectivity index (χ4v) is 1.69. The van der Waals surface area contributed by atoms with Crippen LogP contribution in [-0.4, -0.2) is 5.84 Å². The quantitative estimate of drug-likeness (QED) is 0.671. The maximum atomic E-state index is 5.79. The van der Waals surface area contributed by atoms with Gasteiger partial charge in [0.2, 0.25) is 0 Å². The van der Waals surface area contributed by atoms with Crippen molar-refractivity contribution >= 4 is 11.5 Å². The number of hydrogen-bond acceptors (Lipinski definition) is 2. The molecule has 1 heterocycles. The van der Waals surface area contributed by atoms with Gasteiger partial charge in [-0.3, -0.25) is 0 Å². The molecule has 0 saturated heterocycles. The average Bonchev–Trinajstić information content (AvgIpc) is 2.40. The van der Waals surface area contributed by atoms with E-state index in [9.17, 15) is 0 Å². The Hall–Kier alpha value is -1.31. The fourth-order valence-electron chi connectivity index (χ4n) is 1.69. The Kier molecular flexibility index (Phi) is 1.61. The molecule has 1 atom stereocenters. The molecule has 0 radical (unpaired) electrons. The van der Waals surface area contributed by atoms with Gasteiger partial charge in [0.1, 0.15) is 5.84 Å². The van der Waals surface area contributed by atoms with E-state index in [1.165, 1.54) is 5.56 Å². The van der Waals surface area contributed by atoms with Gasteiger partial charge in [-0.05, 0) is 18.1 Å². The van der Waals surface area contributed by atoms with Crippen molar-refractivity contribution in [3.63, 3.8) is 0 Å². The van der Waals surface area contributed by atoms with Gasteiger partial charge in [0.15, 0.2) is 0 Å². The highest BCUT2D eigenvalue weighted by Gasteiger charge is 2.22. The Morgan fingerprint density at radius 3 is 2.92 bits per heavy atom. The molecule has 2 heteroatoms. The van der Waals surface area contributed by atoms with Crippen molar-refractivity contribution in [2.24, 2.45) is 10.7 Å². The number of aliphatic imine (C=N–C) groups is 1.